The number of hydrogen-bond acceptors (Lipinski definition) is 4. The van der Waals surface area contributed by atoms with Gasteiger partial charge in [0.15, 0.2) is 0 Å². The molecule has 2 aromatic carbocycles. The third-order valence-corrected chi connectivity index (χ3v) is 6.93. The zero-order valence-electron chi connectivity index (χ0n) is 18.8. The normalized spacial score (nSPS) is 19.1. The van der Waals surface area contributed by atoms with Crippen molar-refractivity contribution in [1.82, 2.24) is 14.9 Å². The number of rotatable bonds is 5. The summed E-state index contributed by atoms with van der Waals surface area (Å²) in [6, 6.07) is 20.3. The van der Waals surface area contributed by atoms with E-state index in [1.807, 2.05) is 62.4 Å². The van der Waals surface area contributed by atoms with Crippen molar-refractivity contribution in [2.75, 3.05) is 18.4 Å². The van der Waals surface area contributed by atoms with Crippen molar-refractivity contribution in [2.24, 2.45) is 5.41 Å². The lowest BCUT2D eigenvalue weighted by Gasteiger charge is -2.40. The lowest BCUT2D eigenvalue weighted by molar-refractivity contribution is 0.0546. The molecule has 2 fully saturated rings. The molecule has 5 nitrogen and oxygen atoms in total. The first-order chi connectivity index (χ1) is 15.5. The van der Waals surface area contributed by atoms with E-state index in [2.05, 4.69) is 32.3 Å². The topological polar surface area (TPSA) is 58.1 Å². The number of carbonyl (C=O) groups is 1. The Hall–Kier alpha value is -3.21. The number of hydrogen-bond donors (Lipinski definition) is 1. The number of benzene rings is 2. The van der Waals surface area contributed by atoms with Gasteiger partial charge in [-0.25, -0.2) is 9.97 Å². The maximum absolute atomic E-state index is 13.8. The number of amides is 1. The second kappa shape index (κ2) is 8.38. The largest absolute Gasteiger partial charge is 0.352 e. The third-order valence-electron chi connectivity index (χ3n) is 6.93. The second-order valence-electron chi connectivity index (χ2n) is 9.37. The van der Waals surface area contributed by atoms with Crippen molar-refractivity contribution in [2.45, 2.75) is 45.6 Å². The van der Waals surface area contributed by atoms with Crippen LogP contribution in [0.25, 0.3) is 11.1 Å². The van der Waals surface area contributed by atoms with Crippen molar-refractivity contribution in [3.05, 3.63) is 77.6 Å². The number of anilines is 1. The Kier molecular flexibility index (Phi) is 5.41. The predicted molar refractivity (Wildman–Crippen MR) is 128 cm³/mol. The van der Waals surface area contributed by atoms with E-state index in [0.29, 0.717) is 17.9 Å². The molecule has 5 rings (SSSR count). The van der Waals surface area contributed by atoms with Crippen molar-refractivity contribution in [1.29, 1.82) is 0 Å². The van der Waals surface area contributed by atoms with Crippen LogP contribution >= 0.6 is 0 Å². The van der Waals surface area contributed by atoms with Crippen molar-refractivity contribution in [3.63, 3.8) is 0 Å². The van der Waals surface area contributed by atoms with Gasteiger partial charge >= 0.3 is 0 Å². The van der Waals surface area contributed by atoms with Crippen LogP contribution in [0.5, 0.6) is 0 Å². The highest BCUT2D eigenvalue weighted by molar-refractivity contribution is 6.01. The van der Waals surface area contributed by atoms with Crippen molar-refractivity contribution >= 4 is 11.9 Å². The summed E-state index contributed by atoms with van der Waals surface area (Å²) >= 11 is 0. The van der Waals surface area contributed by atoms with Crippen LogP contribution in [0.2, 0.25) is 0 Å². The summed E-state index contributed by atoms with van der Waals surface area (Å²) in [6.45, 7) is 5.44. The molecule has 0 bridgehead atoms. The van der Waals surface area contributed by atoms with Gasteiger partial charge in [0, 0.05) is 36.1 Å². The molecule has 2 aliphatic rings. The Morgan fingerprint density at radius 1 is 1.00 bits per heavy atom. The van der Waals surface area contributed by atoms with E-state index in [9.17, 15) is 4.79 Å². The molecule has 1 aliphatic carbocycles. The highest BCUT2D eigenvalue weighted by atomic mass is 16.2. The van der Waals surface area contributed by atoms with Crippen LogP contribution in [0, 0.1) is 19.3 Å². The highest BCUT2D eigenvalue weighted by Crippen LogP contribution is 2.55. The Labute approximate surface area is 189 Å². The number of carbonyl (C=O) groups excluding carboxylic acids is 1. The maximum atomic E-state index is 13.8. The molecule has 1 aliphatic heterocycles. The summed E-state index contributed by atoms with van der Waals surface area (Å²) in [6.07, 6.45) is 4.71. The summed E-state index contributed by atoms with van der Waals surface area (Å²) in [4.78, 5) is 25.0. The summed E-state index contributed by atoms with van der Waals surface area (Å²) < 4.78 is 0. The van der Waals surface area contributed by atoms with Crippen molar-refractivity contribution < 1.29 is 4.79 Å². The lowest BCUT2D eigenvalue weighted by Crippen LogP contribution is -2.50. The average Bonchev–Trinajstić information content (AvgIpc) is 3.56. The van der Waals surface area contributed by atoms with E-state index in [-0.39, 0.29) is 11.9 Å². The Bertz CT molecular complexity index is 1100. The van der Waals surface area contributed by atoms with Gasteiger partial charge in [0.2, 0.25) is 5.95 Å². The minimum atomic E-state index is 0.119. The van der Waals surface area contributed by atoms with E-state index in [1.165, 1.54) is 12.8 Å². The maximum Gasteiger partial charge on any atom is 0.254 e. The predicted octanol–water partition coefficient (Wildman–Crippen LogP) is 5.26. The minimum absolute atomic E-state index is 0.119. The fraction of sp³-hybridized carbons (Fsp3) is 0.370. The Morgan fingerprint density at radius 2 is 1.69 bits per heavy atom. The molecule has 32 heavy (non-hydrogen) atoms. The molecule has 2 heterocycles. The fourth-order valence-corrected chi connectivity index (χ4v) is 5.04. The zero-order valence-corrected chi connectivity index (χ0v) is 18.8. The van der Waals surface area contributed by atoms with Gasteiger partial charge in [-0.2, -0.15) is 0 Å². The minimum Gasteiger partial charge on any atom is -0.352 e. The van der Waals surface area contributed by atoms with Gasteiger partial charge in [0.25, 0.3) is 5.91 Å². The van der Waals surface area contributed by atoms with E-state index in [1.54, 1.807) is 0 Å². The summed E-state index contributed by atoms with van der Waals surface area (Å²) in [5, 5.41) is 3.43. The van der Waals surface area contributed by atoms with Gasteiger partial charge in [-0.1, -0.05) is 48.5 Å². The van der Waals surface area contributed by atoms with Crippen LogP contribution in [0.3, 0.4) is 0 Å². The highest BCUT2D eigenvalue weighted by Gasteiger charge is 2.49. The molecule has 1 N–H and O–H groups in total. The van der Waals surface area contributed by atoms with Gasteiger partial charge in [-0.15, -0.1) is 0 Å². The second-order valence-corrected chi connectivity index (χ2v) is 9.37. The smallest absolute Gasteiger partial charge is 0.254 e. The molecule has 1 saturated heterocycles. The molecule has 0 unspecified atom stereocenters. The summed E-state index contributed by atoms with van der Waals surface area (Å²) in [7, 11) is 0. The molecule has 0 radical (unpaired) electrons. The van der Waals surface area contributed by atoms with E-state index >= 15 is 0 Å². The van der Waals surface area contributed by atoms with E-state index < -0.39 is 0 Å². The summed E-state index contributed by atoms with van der Waals surface area (Å²) in [5.74, 6) is 0.767. The fourth-order valence-electron chi connectivity index (χ4n) is 5.04. The van der Waals surface area contributed by atoms with Gasteiger partial charge in [-0.3, -0.25) is 4.79 Å². The first kappa shape index (κ1) is 20.7. The SMILES string of the molecule is Cc1cc(C)nc(NC[C@@H]2CC3(CCN2C(=O)c2ccccc2-c2ccccc2)CC3)n1. The first-order valence-corrected chi connectivity index (χ1v) is 11.5. The van der Waals surface area contributed by atoms with Gasteiger partial charge < -0.3 is 10.2 Å². The number of nitrogens with zero attached hydrogens (tertiary/aromatic N) is 3. The van der Waals surface area contributed by atoms with Crippen LogP contribution in [0.15, 0.2) is 60.7 Å². The number of piperidine rings is 1. The summed E-state index contributed by atoms with van der Waals surface area (Å²) in [5.41, 5.74) is 5.18. The van der Waals surface area contributed by atoms with Crippen LogP contribution in [-0.2, 0) is 0 Å². The lowest BCUT2D eigenvalue weighted by atomic mass is 9.87. The molecular formula is C27H30N4O. The monoisotopic (exact) mass is 426 g/mol. The van der Waals surface area contributed by atoms with E-state index in [4.69, 9.17) is 0 Å². The zero-order chi connectivity index (χ0) is 22.1. The van der Waals surface area contributed by atoms with Gasteiger partial charge in [0.1, 0.15) is 0 Å². The molecule has 5 heteroatoms. The Morgan fingerprint density at radius 3 is 2.41 bits per heavy atom. The van der Waals surface area contributed by atoms with Crippen molar-refractivity contribution in [3.8, 4) is 11.1 Å². The molecule has 1 atom stereocenters. The third kappa shape index (κ3) is 4.24. The number of nitrogens with one attached hydrogen (secondary N) is 1. The van der Waals surface area contributed by atoms with Crippen LogP contribution < -0.4 is 5.32 Å². The molecule has 1 spiro atoms. The number of likely N-dealkylation sites (tertiary alicyclic amines) is 1. The van der Waals surface area contributed by atoms with Crippen LogP contribution in [-0.4, -0.2) is 39.9 Å². The van der Waals surface area contributed by atoms with E-state index in [0.717, 1.165) is 47.5 Å². The number of aromatic nitrogens is 2. The standard InChI is InChI=1S/C27H30N4O/c1-19-16-20(2)30-26(29-19)28-18-22-17-27(12-13-27)14-15-31(22)25(32)24-11-7-6-10-23(24)21-8-4-3-5-9-21/h3-11,16,22H,12-15,17-18H2,1-2H3,(H,28,29,30)/t22-/m0/s1. The van der Waals surface area contributed by atoms with Gasteiger partial charge in [0.05, 0.1) is 0 Å². The van der Waals surface area contributed by atoms with Crippen LogP contribution in [0.4, 0.5) is 5.95 Å². The molecule has 164 valence electrons. The molecule has 1 amide bonds. The Balaban J connectivity index is 1.40. The molecule has 1 aromatic heterocycles. The van der Waals surface area contributed by atoms with Crippen LogP contribution in [0.1, 0.15) is 47.4 Å². The first-order valence-electron chi connectivity index (χ1n) is 11.5. The quantitative estimate of drug-likeness (QED) is 0.605. The molecule has 3 aromatic rings. The molecular weight excluding hydrogens is 396 g/mol. The van der Waals surface area contributed by atoms with Gasteiger partial charge in [-0.05, 0) is 68.2 Å². The average molecular weight is 427 g/mol. The number of aryl methyl sites for hydroxylation is 2. The molecule has 1 saturated carbocycles.